The lowest BCUT2D eigenvalue weighted by molar-refractivity contribution is -0.122. The third-order valence-corrected chi connectivity index (χ3v) is 6.71. The van der Waals surface area contributed by atoms with Crippen molar-refractivity contribution in [2.45, 2.75) is 19.5 Å². The number of nitrogens with one attached hydrogen (secondary N) is 1. The SMILES string of the molecule is COc1ccc(Cl)cc1N(C(C)C(=O)NCc1ccc(N2CCOCC2)cc1)S(C)(=O)=O. The molecule has 1 heterocycles. The minimum Gasteiger partial charge on any atom is -0.495 e. The molecule has 1 atom stereocenters. The Balaban J connectivity index is 1.71. The predicted octanol–water partition coefficient (Wildman–Crippen LogP) is 2.66. The molecule has 1 N–H and O–H groups in total. The first kappa shape index (κ1) is 24.2. The van der Waals surface area contributed by atoms with Crippen LogP contribution >= 0.6 is 11.6 Å². The van der Waals surface area contributed by atoms with E-state index < -0.39 is 22.0 Å². The number of hydrogen-bond acceptors (Lipinski definition) is 6. The van der Waals surface area contributed by atoms with E-state index in [2.05, 4.69) is 10.2 Å². The molecule has 174 valence electrons. The molecule has 3 rings (SSSR count). The Labute approximate surface area is 194 Å². The molecule has 1 aliphatic rings. The normalized spacial score (nSPS) is 15.2. The lowest BCUT2D eigenvalue weighted by atomic mass is 10.1. The van der Waals surface area contributed by atoms with Crippen LogP contribution in [0.4, 0.5) is 11.4 Å². The van der Waals surface area contributed by atoms with Gasteiger partial charge in [0, 0.05) is 30.3 Å². The van der Waals surface area contributed by atoms with Gasteiger partial charge in [0.25, 0.3) is 0 Å². The van der Waals surface area contributed by atoms with E-state index in [9.17, 15) is 13.2 Å². The van der Waals surface area contributed by atoms with Crippen LogP contribution in [0.3, 0.4) is 0 Å². The summed E-state index contributed by atoms with van der Waals surface area (Å²) in [6, 6.07) is 11.5. The Morgan fingerprint density at radius 1 is 1.22 bits per heavy atom. The summed E-state index contributed by atoms with van der Waals surface area (Å²) in [4.78, 5) is 15.1. The van der Waals surface area contributed by atoms with Crippen molar-refractivity contribution in [1.29, 1.82) is 0 Å². The number of nitrogens with zero attached hydrogens (tertiary/aromatic N) is 2. The van der Waals surface area contributed by atoms with Crippen LogP contribution in [0, 0.1) is 0 Å². The fraction of sp³-hybridized carbons (Fsp3) is 0.409. The topological polar surface area (TPSA) is 88.2 Å². The highest BCUT2D eigenvalue weighted by Gasteiger charge is 2.31. The smallest absolute Gasteiger partial charge is 0.243 e. The summed E-state index contributed by atoms with van der Waals surface area (Å²) in [5, 5.41) is 3.16. The minimum absolute atomic E-state index is 0.208. The fourth-order valence-corrected chi connectivity index (χ4v) is 4.94. The molecule has 1 amide bonds. The van der Waals surface area contributed by atoms with Crippen LogP contribution in [0.15, 0.2) is 42.5 Å². The van der Waals surface area contributed by atoms with Crippen LogP contribution < -0.4 is 19.3 Å². The van der Waals surface area contributed by atoms with Crippen LogP contribution in [0.2, 0.25) is 5.02 Å². The van der Waals surface area contributed by atoms with E-state index in [1.165, 1.54) is 20.1 Å². The third kappa shape index (κ3) is 5.85. The molecule has 32 heavy (non-hydrogen) atoms. The van der Waals surface area contributed by atoms with Crippen molar-refractivity contribution in [2.75, 3.05) is 48.9 Å². The van der Waals surface area contributed by atoms with Gasteiger partial charge in [-0.2, -0.15) is 0 Å². The largest absolute Gasteiger partial charge is 0.495 e. The van der Waals surface area contributed by atoms with Crippen LogP contribution in [-0.4, -0.2) is 60.0 Å². The van der Waals surface area contributed by atoms with Crippen molar-refractivity contribution in [1.82, 2.24) is 5.32 Å². The molecule has 0 spiro atoms. The van der Waals surface area contributed by atoms with E-state index in [0.29, 0.717) is 24.0 Å². The zero-order valence-electron chi connectivity index (χ0n) is 18.4. The van der Waals surface area contributed by atoms with Gasteiger partial charge in [-0.1, -0.05) is 23.7 Å². The summed E-state index contributed by atoms with van der Waals surface area (Å²) in [6.07, 6.45) is 1.04. The molecule has 0 aliphatic carbocycles. The van der Waals surface area contributed by atoms with Gasteiger partial charge in [-0.15, -0.1) is 0 Å². The number of benzene rings is 2. The van der Waals surface area contributed by atoms with Gasteiger partial charge in [0.1, 0.15) is 11.8 Å². The molecule has 0 bridgehead atoms. The Bertz CT molecular complexity index is 1040. The van der Waals surface area contributed by atoms with E-state index >= 15 is 0 Å². The monoisotopic (exact) mass is 481 g/mol. The first-order valence-corrected chi connectivity index (χ1v) is 12.5. The summed E-state index contributed by atoms with van der Waals surface area (Å²) in [5.41, 5.74) is 2.22. The Morgan fingerprint density at radius 3 is 2.47 bits per heavy atom. The summed E-state index contributed by atoms with van der Waals surface area (Å²) in [5.74, 6) is -0.132. The van der Waals surface area contributed by atoms with Gasteiger partial charge in [-0.25, -0.2) is 8.42 Å². The molecule has 0 saturated carbocycles. The summed E-state index contributed by atoms with van der Waals surface area (Å²) in [7, 11) is -2.37. The number of ether oxygens (including phenoxy) is 2. The number of sulfonamides is 1. The third-order valence-electron chi connectivity index (χ3n) is 5.25. The highest BCUT2D eigenvalue weighted by atomic mass is 35.5. The van der Waals surface area contributed by atoms with E-state index in [-0.39, 0.29) is 12.2 Å². The fourth-order valence-electron chi connectivity index (χ4n) is 3.60. The number of carbonyl (C=O) groups is 1. The lowest BCUT2D eigenvalue weighted by Crippen LogP contribution is -2.47. The van der Waals surface area contributed by atoms with Gasteiger partial charge in [0.2, 0.25) is 15.9 Å². The molecular formula is C22H28ClN3O5S. The second kappa shape index (κ2) is 10.4. The number of amides is 1. The molecule has 2 aromatic rings. The van der Waals surface area contributed by atoms with Gasteiger partial charge in [0.05, 0.1) is 32.3 Å². The first-order chi connectivity index (χ1) is 15.2. The van der Waals surface area contributed by atoms with Crippen molar-refractivity contribution in [3.05, 3.63) is 53.1 Å². The van der Waals surface area contributed by atoms with Gasteiger partial charge in [0.15, 0.2) is 0 Å². The van der Waals surface area contributed by atoms with E-state index in [1.807, 2.05) is 24.3 Å². The molecule has 0 radical (unpaired) electrons. The second-order valence-corrected chi connectivity index (χ2v) is 9.83. The lowest BCUT2D eigenvalue weighted by Gasteiger charge is -2.29. The highest BCUT2D eigenvalue weighted by Crippen LogP contribution is 2.34. The van der Waals surface area contributed by atoms with Crippen LogP contribution in [0.1, 0.15) is 12.5 Å². The van der Waals surface area contributed by atoms with Crippen LogP contribution in [0.25, 0.3) is 0 Å². The number of morpholine rings is 1. The molecule has 8 nitrogen and oxygen atoms in total. The van der Waals surface area contributed by atoms with Gasteiger partial charge >= 0.3 is 0 Å². The number of carbonyl (C=O) groups excluding carboxylic acids is 1. The summed E-state index contributed by atoms with van der Waals surface area (Å²) < 4.78 is 36.8. The standard InChI is InChI=1S/C22H28ClN3O5S/c1-16(26(32(3,28)29)20-14-18(23)6-9-21(20)30-2)22(27)24-15-17-4-7-19(8-5-17)25-10-12-31-13-11-25/h4-9,14,16H,10-13,15H2,1-3H3,(H,24,27). The average Bonchev–Trinajstić information content (AvgIpc) is 2.77. The summed E-state index contributed by atoms with van der Waals surface area (Å²) >= 11 is 6.07. The van der Waals surface area contributed by atoms with Crippen molar-refractivity contribution >= 4 is 38.9 Å². The van der Waals surface area contributed by atoms with Crippen molar-refractivity contribution in [3.8, 4) is 5.75 Å². The molecule has 0 aromatic heterocycles. The van der Waals surface area contributed by atoms with E-state index in [0.717, 1.165) is 34.9 Å². The maximum atomic E-state index is 12.9. The summed E-state index contributed by atoms with van der Waals surface area (Å²) in [6.45, 7) is 4.92. The second-order valence-electron chi connectivity index (χ2n) is 7.53. The average molecular weight is 482 g/mol. The van der Waals surface area contributed by atoms with Crippen molar-refractivity contribution in [2.24, 2.45) is 0 Å². The van der Waals surface area contributed by atoms with Crippen LogP contribution in [-0.2, 0) is 26.1 Å². The molecular weight excluding hydrogens is 454 g/mol. The highest BCUT2D eigenvalue weighted by molar-refractivity contribution is 7.92. The maximum absolute atomic E-state index is 12.9. The Kier molecular flexibility index (Phi) is 7.86. The number of halogens is 1. The molecule has 1 saturated heterocycles. The van der Waals surface area contributed by atoms with Gasteiger partial charge < -0.3 is 19.7 Å². The molecule has 1 fully saturated rings. The van der Waals surface area contributed by atoms with E-state index in [1.54, 1.807) is 12.1 Å². The predicted molar refractivity (Wildman–Crippen MR) is 126 cm³/mol. The van der Waals surface area contributed by atoms with Crippen LogP contribution in [0.5, 0.6) is 5.75 Å². The number of methoxy groups -OCH3 is 1. The maximum Gasteiger partial charge on any atom is 0.243 e. The molecule has 10 heteroatoms. The van der Waals surface area contributed by atoms with Crippen molar-refractivity contribution < 1.29 is 22.7 Å². The molecule has 1 aliphatic heterocycles. The number of anilines is 2. The minimum atomic E-state index is -3.79. The Morgan fingerprint density at radius 2 is 1.88 bits per heavy atom. The Hall–Kier alpha value is -2.49. The zero-order chi connectivity index (χ0) is 23.3. The number of hydrogen-bond donors (Lipinski definition) is 1. The first-order valence-electron chi connectivity index (χ1n) is 10.2. The number of rotatable bonds is 8. The molecule has 1 unspecified atom stereocenters. The van der Waals surface area contributed by atoms with Gasteiger partial charge in [-0.3, -0.25) is 9.10 Å². The quantitative estimate of drug-likeness (QED) is 0.623. The zero-order valence-corrected chi connectivity index (χ0v) is 19.9. The molecule has 2 aromatic carbocycles. The van der Waals surface area contributed by atoms with E-state index in [4.69, 9.17) is 21.1 Å². The van der Waals surface area contributed by atoms with Crippen molar-refractivity contribution in [3.63, 3.8) is 0 Å². The van der Waals surface area contributed by atoms with Gasteiger partial charge in [-0.05, 0) is 42.8 Å².